The standard InChI is InChI=1S/C17H31N5OS/c1-6-18-16(19-11-15-13(2)21-14(3)24-15)20-12-17(22(4)5)7-9-23-10-8-17/h6-12H2,1-5H3,(H2,18,19,20). The molecule has 1 fully saturated rings. The Morgan fingerprint density at radius 2 is 2.00 bits per heavy atom. The van der Waals surface area contributed by atoms with Gasteiger partial charge in [0.15, 0.2) is 5.96 Å². The van der Waals surface area contributed by atoms with Gasteiger partial charge in [0.25, 0.3) is 0 Å². The van der Waals surface area contributed by atoms with Crippen molar-refractivity contribution >= 4 is 17.3 Å². The number of rotatable bonds is 6. The molecule has 136 valence electrons. The van der Waals surface area contributed by atoms with Crippen molar-refractivity contribution in [1.29, 1.82) is 0 Å². The first kappa shape index (κ1) is 19.1. The summed E-state index contributed by atoms with van der Waals surface area (Å²) in [6.45, 7) is 10.2. The Morgan fingerprint density at radius 1 is 1.29 bits per heavy atom. The Morgan fingerprint density at radius 3 is 2.54 bits per heavy atom. The van der Waals surface area contributed by atoms with E-state index in [2.05, 4.69) is 48.5 Å². The van der Waals surface area contributed by atoms with Crippen LogP contribution in [0.4, 0.5) is 0 Å². The molecule has 0 bridgehead atoms. The minimum Gasteiger partial charge on any atom is -0.381 e. The zero-order chi connectivity index (χ0) is 17.6. The van der Waals surface area contributed by atoms with E-state index in [-0.39, 0.29) is 5.54 Å². The molecule has 0 atom stereocenters. The predicted octanol–water partition coefficient (Wildman–Crippen LogP) is 1.93. The molecule has 0 saturated carbocycles. The Labute approximate surface area is 149 Å². The second-order valence-electron chi connectivity index (χ2n) is 6.52. The maximum absolute atomic E-state index is 5.54. The van der Waals surface area contributed by atoms with Crippen molar-refractivity contribution in [3.05, 3.63) is 15.6 Å². The van der Waals surface area contributed by atoms with Crippen LogP contribution in [-0.2, 0) is 11.3 Å². The van der Waals surface area contributed by atoms with Crippen LogP contribution in [0.3, 0.4) is 0 Å². The van der Waals surface area contributed by atoms with Gasteiger partial charge in [-0.2, -0.15) is 0 Å². The lowest BCUT2D eigenvalue weighted by molar-refractivity contribution is -0.00501. The summed E-state index contributed by atoms with van der Waals surface area (Å²) in [5.74, 6) is 0.871. The SMILES string of the molecule is CCNC(=NCc1sc(C)nc1C)NCC1(N(C)C)CCOCC1. The summed E-state index contributed by atoms with van der Waals surface area (Å²) >= 11 is 1.73. The maximum atomic E-state index is 5.54. The van der Waals surface area contributed by atoms with Crippen molar-refractivity contribution in [3.63, 3.8) is 0 Å². The molecule has 0 aromatic carbocycles. The molecule has 1 aromatic rings. The van der Waals surface area contributed by atoms with Gasteiger partial charge in [-0.05, 0) is 47.7 Å². The summed E-state index contributed by atoms with van der Waals surface area (Å²) in [6, 6.07) is 0. The third-order valence-electron chi connectivity index (χ3n) is 4.68. The van der Waals surface area contributed by atoms with Gasteiger partial charge in [-0.3, -0.25) is 0 Å². The number of hydrogen-bond donors (Lipinski definition) is 2. The molecule has 2 N–H and O–H groups in total. The highest BCUT2D eigenvalue weighted by molar-refractivity contribution is 7.11. The van der Waals surface area contributed by atoms with Gasteiger partial charge in [-0.1, -0.05) is 0 Å². The monoisotopic (exact) mass is 353 g/mol. The van der Waals surface area contributed by atoms with Gasteiger partial charge >= 0.3 is 0 Å². The number of likely N-dealkylation sites (N-methyl/N-ethyl adjacent to an activating group) is 1. The summed E-state index contributed by atoms with van der Waals surface area (Å²) in [5.41, 5.74) is 1.22. The molecule has 1 aliphatic rings. The minimum atomic E-state index is 0.130. The molecule has 0 amide bonds. The van der Waals surface area contributed by atoms with Crippen LogP contribution >= 0.6 is 11.3 Å². The Bertz CT molecular complexity index is 549. The summed E-state index contributed by atoms with van der Waals surface area (Å²) in [6.07, 6.45) is 2.08. The van der Waals surface area contributed by atoms with Gasteiger partial charge in [0.2, 0.25) is 0 Å². The molecule has 24 heavy (non-hydrogen) atoms. The van der Waals surface area contributed by atoms with Crippen LogP contribution in [-0.4, -0.2) is 61.8 Å². The predicted molar refractivity (Wildman–Crippen MR) is 101 cm³/mol. The third kappa shape index (κ3) is 4.91. The second kappa shape index (κ2) is 8.78. The average Bonchev–Trinajstić information content (AvgIpc) is 2.88. The first-order valence-electron chi connectivity index (χ1n) is 8.67. The van der Waals surface area contributed by atoms with Crippen molar-refractivity contribution < 1.29 is 4.74 Å². The minimum absolute atomic E-state index is 0.130. The van der Waals surface area contributed by atoms with Crippen molar-refractivity contribution in [1.82, 2.24) is 20.5 Å². The Balaban J connectivity index is 2.01. The van der Waals surface area contributed by atoms with Gasteiger partial charge in [-0.15, -0.1) is 11.3 Å². The lowest BCUT2D eigenvalue weighted by Gasteiger charge is -2.43. The van der Waals surface area contributed by atoms with Crippen molar-refractivity contribution in [2.75, 3.05) is 40.4 Å². The molecule has 2 rings (SSSR count). The van der Waals surface area contributed by atoms with Gasteiger partial charge in [-0.25, -0.2) is 9.98 Å². The quantitative estimate of drug-likeness (QED) is 0.604. The van der Waals surface area contributed by atoms with Crippen LogP contribution in [0.1, 0.15) is 35.3 Å². The highest BCUT2D eigenvalue weighted by atomic mass is 32.1. The lowest BCUT2D eigenvalue weighted by atomic mass is 9.88. The second-order valence-corrected chi connectivity index (χ2v) is 7.81. The highest BCUT2D eigenvalue weighted by Gasteiger charge is 2.34. The third-order valence-corrected chi connectivity index (χ3v) is 5.74. The molecule has 7 heteroatoms. The molecular weight excluding hydrogens is 322 g/mol. The van der Waals surface area contributed by atoms with Gasteiger partial charge < -0.3 is 20.3 Å². The molecule has 6 nitrogen and oxygen atoms in total. The van der Waals surface area contributed by atoms with E-state index in [0.29, 0.717) is 6.54 Å². The van der Waals surface area contributed by atoms with Crippen molar-refractivity contribution in [2.45, 2.75) is 45.7 Å². The van der Waals surface area contributed by atoms with Crippen LogP contribution in [0.25, 0.3) is 0 Å². The summed E-state index contributed by atoms with van der Waals surface area (Å²) in [4.78, 5) is 12.8. The fraction of sp³-hybridized carbons (Fsp3) is 0.765. The number of guanidine groups is 1. The number of aromatic nitrogens is 1. The zero-order valence-electron chi connectivity index (χ0n) is 15.6. The van der Waals surface area contributed by atoms with Crippen molar-refractivity contribution in [3.8, 4) is 0 Å². The van der Waals surface area contributed by atoms with Crippen LogP contribution < -0.4 is 10.6 Å². The van der Waals surface area contributed by atoms with E-state index in [0.717, 1.165) is 55.8 Å². The lowest BCUT2D eigenvalue weighted by Crippen LogP contribution is -2.57. The maximum Gasteiger partial charge on any atom is 0.191 e. The van der Waals surface area contributed by atoms with Gasteiger partial charge in [0.05, 0.1) is 17.2 Å². The topological polar surface area (TPSA) is 61.8 Å². The first-order chi connectivity index (χ1) is 11.5. The number of aryl methyl sites for hydroxylation is 2. The van der Waals surface area contributed by atoms with Gasteiger partial charge in [0, 0.05) is 36.7 Å². The van der Waals surface area contributed by atoms with E-state index in [4.69, 9.17) is 9.73 Å². The summed E-state index contributed by atoms with van der Waals surface area (Å²) in [5, 5.41) is 7.98. The summed E-state index contributed by atoms with van der Waals surface area (Å²) in [7, 11) is 4.31. The molecule has 2 heterocycles. The molecule has 1 aliphatic heterocycles. The van der Waals surface area contributed by atoms with E-state index in [1.807, 2.05) is 6.92 Å². The zero-order valence-corrected chi connectivity index (χ0v) is 16.4. The first-order valence-corrected chi connectivity index (χ1v) is 9.49. The molecule has 0 spiro atoms. The number of thiazole rings is 1. The van der Waals surface area contributed by atoms with Crippen molar-refractivity contribution in [2.24, 2.45) is 4.99 Å². The highest BCUT2D eigenvalue weighted by Crippen LogP contribution is 2.25. The largest absolute Gasteiger partial charge is 0.381 e. The normalized spacial score (nSPS) is 18.0. The van der Waals surface area contributed by atoms with Crippen LogP contribution in [0.5, 0.6) is 0 Å². The molecular formula is C17H31N5OS. The molecule has 0 aliphatic carbocycles. The number of aliphatic imine (C=N–C) groups is 1. The van der Waals surface area contributed by atoms with E-state index in [1.165, 1.54) is 4.88 Å². The Hall–Kier alpha value is -1.18. The number of nitrogens with one attached hydrogen (secondary N) is 2. The number of ether oxygens (including phenoxy) is 1. The molecule has 1 aromatic heterocycles. The number of nitrogens with zero attached hydrogens (tertiary/aromatic N) is 3. The molecule has 0 unspecified atom stereocenters. The number of hydrogen-bond acceptors (Lipinski definition) is 5. The van der Waals surface area contributed by atoms with E-state index in [9.17, 15) is 0 Å². The van der Waals surface area contributed by atoms with E-state index in [1.54, 1.807) is 11.3 Å². The molecule has 0 radical (unpaired) electrons. The van der Waals surface area contributed by atoms with E-state index < -0.39 is 0 Å². The van der Waals surface area contributed by atoms with E-state index >= 15 is 0 Å². The molecule has 1 saturated heterocycles. The van der Waals surface area contributed by atoms with Gasteiger partial charge in [0.1, 0.15) is 0 Å². The fourth-order valence-electron chi connectivity index (χ4n) is 2.99. The summed E-state index contributed by atoms with van der Waals surface area (Å²) < 4.78 is 5.54. The van der Waals surface area contributed by atoms with Crippen LogP contribution in [0, 0.1) is 13.8 Å². The Kier molecular flexibility index (Phi) is 7.01. The smallest absolute Gasteiger partial charge is 0.191 e. The fourth-order valence-corrected chi connectivity index (χ4v) is 3.86. The average molecular weight is 354 g/mol. The van der Waals surface area contributed by atoms with Crippen LogP contribution in [0.15, 0.2) is 4.99 Å². The van der Waals surface area contributed by atoms with Crippen LogP contribution in [0.2, 0.25) is 0 Å².